The molecule has 2 aliphatic rings. The van der Waals surface area contributed by atoms with E-state index in [1.807, 2.05) is 0 Å². The van der Waals surface area contributed by atoms with Gasteiger partial charge >= 0.3 is 0 Å². The molecule has 0 saturated carbocycles. The van der Waals surface area contributed by atoms with Gasteiger partial charge in [-0.2, -0.15) is 0 Å². The third-order valence-electron chi connectivity index (χ3n) is 6.11. The first-order valence-electron chi connectivity index (χ1n) is 10.5. The SMILES string of the molecule is CC1C=CC=C/C1=C(/N)c1ccc2c(c1)CC(c1ccccc1)=Cc1ccccc1-2. The number of hydrogen-bond donors (Lipinski definition) is 1. The van der Waals surface area contributed by atoms with Gasteiger partial charge in [-0.3, -0.25) is 0 Å². The lowest BCUT2D eigenvalue weighted by Gasteiger charge is -2.17. The summed E-state index contributed by atoms with van der Waals surface area (Å²) in [7, 11) is 0. The molecule has 2 N–H and O–H groups in total. The van der Waals surface area contributed by atoms with Crippen LogP contribution in [0.5, 0.6) is 0 Å². The molecule has 0 heterocycles. The zero-order valence-electron chi connectivity index (χ0n) is 17.2. The third-order valence-corrected chi connectivity index (χ3v) is 6.11. The zero-order chi connectivity index (χ0) is 20.5. The van der Waals surface area contributed by atoms with Gasteiger partial charge in [0.05, 0.1) is 0 Å². The highest BCUT2D eigenvalue weighted by molar-refractivity contribution is 5.92. The molecule has 146 valence electrons. The standard InChI is InChI=1S/C29H25N/c1-20-9-5-7-13-26(20)29(30)23-15-16-28-25(18-23)19-24(21-10-3-2-4-11-21)17-22-12-6-8-14-27(22)28/h2-18,20H,19,30H2,1H3/b29-26-. The van der Waals surface area contributed by atoms with E-state index in [0.29, 0.717) is 5.92 Å². The van der Waals surface area contributed by atoms with E-state index in [4.69, 9.17) is 5.73 Å². The van der Waals surface area contributed by atoms with Crippen LogP contribution in [0, 0.1) is 5.92 Å². The normalized spacial score (nSPS) is 18.8. The number of rotatable bonds is 2. The Labute approximate surface area is 178 Å². The van der Waals surface area contributed by atoms with Gasteiger partial charge in [-0.05, 0) is 57.0 Å². The summed E-state index contributed by atoms with van der Waals surface area (Å²) in [6.45, 7) is 2.19. The second kappa shape index (κ2) is 7.68. The van der Waals surface area contributed by atoms with Crippen molar-refractivity contribution in [1.82, 2.24) is 0 Å². The van der Waals surface area contributed by atoms with E-state index in [1.54, 1.807) is 0 Å². The molecule has 2 aliphatic carbocycles. The Kier molecular flexibility index (Phi) is 4.72. The molecular formula is C29H25N. The Morgan fingerprint density at radius 3 is 2.50 bits per heavy atom. The van der Waals surface area contributed by atoms with Crippen molar-refractivity contribution in [1.29, 1.82) is 0 Å². The van der Waals surface area contributed by atoms with Crippen molar-refractivity contribution in [2.24, 2.45) is 11.7 Å². The van der Waals surface area contributed by atoms with Gasteiger partial charge in [0.15, 0.2) is 0 Å². The van der Waals surface area contributed by atoms with Crippen LogP contribution in [0.2, 0.25) is 0 Å². The van der Waals surface area contributed by atoms with Gasteiger partial charge in [0, 0.05) is 11.6 Å². The van der Waals surface area contributed by atoms with Gasteiger partial charge in [-0.1, -0.05) is 104 Å². The van der Waals surface area contributed by atoms with E-state index >= 15 is 0 Å². The minimum absolute atomic E-state index is 0.328. The Morgan fingerprint density at radius 1 is 0.867 bits per heavy atom. The summed E-state index contributed by atoms with van der Waals surface area (Å²) >= 11 is 0. The highest BCUT2D eigenvalue weighted by Crippen LogP contribution is 2.38. The first kappa shape index (κ1) is 18.4. The van der Waals surface area contributed by atoms with Gasteiger partial charge in [-0.15, -0.1) is 0 Å². The van der Waals surface area contributed by atoms with Crippen LogP contribution in [0.1, 0.15) is 29.2 Å². The summed E-state index contributed by atoms with van der Waals surface area (Å²) in [5.41, 5.74) is 17.6. The van der Waals surface area contributed by atoms with E-state index in [1.165, 1.54) is 39.0 Å². The average molecular weight is 388 g/mol. The Hall–Kier alpha value is -3.58. The van der Waals surface area contributed by atoms with Crippen LogP contribution in [-0.4, -0.2) is 0 Å². The summed E-state index contributed by atoms with van der Waals surface area (Å²) in [5, 5.41) is 0. The molecule has 0 radical (unpaired) electrons. The highest BCUT2D eigenvalue weighted by Gasteiger charge is 2.18. The van der Waals surface area contributed by atoms with Crippen LogP contribution < -0.4 is 5.73 Å². The lowest BCUT2D eigenvalue weighted by molar-refractivity contribution is 0.883. The van der Waals surface area contributed by atoms with Crippen molar-refractivity contribution in [3.05, 3.63) is 125 Å². The molecule has 1 nitrogen and oxygen atoms in total. The highest BCUT2D eigenvalue weighted by atomic mass is 14.6. The molecule has 0 saturated heterocycles. The first-order chi connectivity index (χ1) is 14.7. The smallest absolute Gasteiger partial charge is 0.0426 e. The van der Waals surface area contributed by atoms with E-state index < -0.39 is 0 Å². The summed E-state index contributed by atoms with van der Waals surface area (Å²) in [4.78, 5) is 0. The fourth-order valence-corrected chi connectivity index (χ4v) is 4.47. The summed E-state index contributed by atoms with van der Waals surface area (Å²) < 4.78 is 0. The van der Waals surface area contributed by atoms with Crippen molar-refractivity contribution in [2.75, 3.05) is 0 Å². The quantitative estimate of drug-likeness (QED) is 0.509. The van der Waals surface area contributed by atoms with Crippen LogP contribution in [0.3, 0.4) is 0 Å². The van der Waals surface area contributed by atoms with Crippen LogP contribution in [0.25, 0.3) is 28.5 Å². The van der Waals surface area contributed by atoms with Crippen LogP contribution >= 0.6 is 0 Å². The lowest BCUT2D eigenvalue weighted by Crippen LogP contribution is -2.07. The molecule has 1 atom stereocenters. The fourth-order valence-electron chi connectivity index (χ4n) is 4.47. The minimum Gasteiger partial charge on any atom is -0.398 e. The van der Waals surface area contributed by atoms with Crippen molar-refractivity contribution >= 4 is 17.3 Å². The van der Waals surface area contributed by atoms with Crippen LogP contribution in [0.4, 0.5) is 0 Å². The summed E-state index contributed by atoms with van der Waals surface area (Å²) in [5.74, 6) is 0.328. The maximum Gasteiger partial charge on any atom is 0.0426 e. The first-order valence-corrected chi connectivity index (χ1v) is 10.5. The molecule has 0 bridgehead atoms. The van der Waals surface area contributed by atoms with Crippen molar-refractivity contribution in [2.45, 2.75) is 13.3 Å². The molecule has 3 aromatic carbocycles. The molecular weight excluding hydrogens is 362 g/mol. The van der Waals surface area contributed by atoms with Gasteiger partial charge in [0.1, 0.15) is 0 Å². The van der Waals surface area contributed by atoms with Crippen LogP contribution in [0.15, 0.2) is 103 Å². The molecule has 0 amide bonds. The van der Waals surface area contributed by atoms with Crippen molar-refractivity contribution in [3.63, 3.8) is 0 Å². The van der Waals surface area contributed by atoms with E-state index in [2.05, 4.69) is 110 Å². The Balaban J connectivity index is 1.66. The molecule has 5 rings (SSSR count). The van der Waals surface area contributed by atoms with Gasteiger partial charge in [-0.25, -0.2) is 0 Å². The average Bonchev–Trinajstić information content (AvgIpc) is 2.96. The second-order valence-electron chi connectivity index (χ2n) is 8.07. The number of hydrogen-bond acceptors (Lipinski definition) is 1. The van der Waals surface area contributed by atoms with E-state index in [9.17, 15) is 0 Å². The third kappa shape index (κ3) is 3.33. The molecule has 3 aromatic rings. The number of benzene rings is 3. The molecule has 0 aliphatic heterocycles. The summed E-state index contributed by atoms with van der Waals surface area (Å²) in [6, 6.07) is 26.0. The van der Waals surface area contributed by atoms with Gasteiger partial charge in [0.25, 0.3) is 0 Å². The zero-order valence-corrected chi connectivity index (χ0v) is 17.2. The van der Waals surface area contributed by atoms with E-state index in [0.717, 1.165) is 17.7 Å². The molecule has 1 heteroatoms. The molecule has 30 heavy (non-hydrogen) atoms. The number of allylic oxidation sites excluding steroid dienone is 6. The number of fused-ring (bicyclic) bond motifs is 3. The largest absolute Gasteiger partial charge is 0.398 e. The van der Waals surface area contributed by atoms with Crippen molar-refractivity contribution in [3.8, 4) is 11.1 Å². The molecule has 1 unspecified atom stereocenters. The maximum absolute atomic E-state index is 6.65. The summed E-state index contributed by atoms with van der Waals surface area (Å²) in [6.07, 6.45) is 11.7. The lowest BCUT2D eigenvalue weighted by atomic mass is 9.89. The van der Waals surface area contributed by atoms with Gasteiger partial charge in [0.2, 0.25) is 0 Å². The van der Waals surface area contributed by atoms with Gasteiger partial charge < -0.3 is 5.73 Å². The van der Waals surface area contributed by atoms with E-state index in [-0.39, 0.29) is 0 Å². The topological polar surface area (TPSA) is 26.0 Å². The molecule has 0 fully saturated rings. The van der Waals surface area contributed by atoms with Crippen LogP contribution in [-0.2, 0) is 6.42 Å². The molecule has 0 aromatic heterocycles. The minimum atomic E-state index is 0.328. The second-order valence-corrected chi connectivity index (χ2v) is 8.07. The monoisotopic (exact) mass is 387 g/mol. The maximum atomic E-state index is 6.65. The molecule has 0 spiro atoms. The van der Waals surface area contributed by atoms with Crippen molar-refractivity contribution < 1.29 is 0 Å². The predicted octanol–water partition coefficient (Wildman–Crippen LogP) is 6.88. The predicted molar refractivity (Wildman–Crippen MR) is 128 cm³/mol. The Morgan fingerprint density at radius 2 is 1.67 bits per heavy atom. The number of nitrogens with two attached hydrogens (primary N) is 1. The fraction of sp³-hybridized carbons (Fsp3) is 0.103. The Bertz CT molecular complexity index is 1220.